The fraction of sp³-hybridized carbons (Fsp3) is 0.364. The highest BCUT2D eigenvalue weighted by atomic mass is 16.3. The first kappa shape index (κ1) is 9.21. The van der Waals surface area contributed by atoms with Gasteiger partial charge in [-0.1, -0.05) is 12.1 Å². The number of aliphatic hydroxyl groups is 1. The lowest BCUT2D eigenvalue weighted by Crippen LogP contribution is -2.19. The van der Waals surface area contributed by atoms with Gasteiger partial charge in [-0.3, -0.25) is 4.79 Å². The van der Waals surface area contributed by atoms with E-state index in [1.807, 2.05) is 6.07 Å². The average molecular weight is 190 g/mol. The molecule has 0 aromatic heterocycles. The maximum absolute atomic E-state index is 11.1. The molecule has 2 rings (SSSR count). The summed E-state index contributed by atoms with van der Waals surface area (Å²) in [5.74, 6) is -0.511. The van der Waals surface area contributed by atoms with E-state index < -0.39 is 12.0 Å². The molecule has 14 heavy (non-hydrogen) atoms. The molecule has 0 saturated heterocycles. The summed E-state index contributed by atoms with van der Waals surface area (Å²) in [5.41, 5.74) is 7.27. The zero-order chi connectivity index (χ0) is 10.1. The van der Waals surface area contributed by atoms with Gasteiger partial charge in [0.25, 0.3) is 0 Å². The number of nitrogens with two attached hydrogens (primary N) is 1. The van der Waals surface area contributed by atoms with Crippen LogP contribution in [0.1, 0.15) is 40.4 Å². The summed E-state index contributed by atoms with van der Waals surface area (Å²) in [7, 11) is 0. The average Bonchev–Trinajstić information content (AvgIpc) is 2.17. The van der Waals surface area contributed by atoms with Crippen molar-refractivity contribution in [3.63, 3.8) is 0 Å². The largest absolute Gasteiger partial charge is 0.388 e. The Balaban J connectivity index is 2.57. The summed E-state index contributed by atoms with van der Waals surface area (Å²) >= 11 is 0. The van der Waals surface area contributed by atoms with Crippen LogP contribution < -0.4 is 5.73 Å². The zero-order valence-corrected chi connectivity index (χ0v) is 7.79. The lowest BCUT2D eigenvalue weighted by atomic mass is 9.86. The summed E-state index contributed by atoms with van der Waals surface area (Å²) in [6.07, 6.45) is 2.00. The number of hydrogen-bond donors (Lipinski definition) is 2. The predicted octanol–water partition coefficient (Wildman–Crippen LogP) is 0.955. The first-order chi connectivity index (χ1) is 6.70. The number of hydrogen-bond acceptors (Lipinski definition) is 2. The van der Waals surface area contributed by atoms with E-state index in [9.17, 15) is 9.90 Å². The summed E-state index contributed by atoms with van der Waals surface area (Å²) in [6.45, 7) is 0. The molecule has 1 aromatic rings. The smallest absolute Gasteiger partial charge is 0.249 e. The number of fused-ring (bicyclic) bond motifs is 1. The number of benzene rings is 1. The molecule has 0 fully saturated rings. The molecule has 0 bridgehead atoms. The summed E-state index contributed by atoms with van der Waals surface area (Å²) in [6, 6.07) is 6.38. The summed E-state index contributed by atoms with van der Waals surface area (Å²) in [4.78, 5) is 11.1. The molecule has 3 heteroatoms. The fourth-order valence-corrected chi connectivity index (χ4v) is 1.99. The van der Waals surface area contributed by atoms with Gasteiger partial charge in [-0.2, -0.15) is 0 Å². The third kappa shape index (κ3) is 1.40. The van der Waals surface area contributed by atoms with Crippen LogP contribution in [0.2, 0.25) is 0 Å². The van der Waals surface area contributed by atoms with Gasteiger partial charge >= 0.3 is 0 Å². The van der Waals surface area contributed by atoms with E-state index >= 15 is 0 Å². The van der Waals surface area contributed by atoms with Crippen LogP contribution in [-0.4, -0.2) is 11.0 Å². The van der Waals surface area contributed by atoms with Crippen LogP contribution in [-0.2, 0) is 6.42 Å². The van der Waals surface area contributed by atoms with E-state index in [1.54, 1.807) is 6.07 Å². The van der Waals surface area contributed by atoms with Crippen molar-refractivity contribution in [3.8, 4) is 0 Å². The van der Waals surface area contributed by atoms with Crippen molar-refractivity contribution in [3.05, 3.63) is 34.9 Å². The Morgan fingerprint density at radius 3 is 3.14 bits per heavy atom. The van der Waals surface area contributed by atoms with E-state index in [-0.39, 0.29) is 0 Å². The minimum absolute atomic E-state index is 0.342. The monoisotopic (exact) mass is 190 g/mol. The Labute approximate surface area is 82.5 Å². The van der Waals surface area contributed by atoms with E-state index in [1.165, 1.54) is 0 Å². The standard InChI is InChI=1S/C11H12NO2/c12-11(14)8-5-1-3-7-4-2-6-9(13)10(7)8/h1,3,9,13H,2,4,6H2,(H2,12,14). The van der Waals surface area contributed by atoms with Gasteiger partial charge in [0, 0.05) is 0 Å². The predicted molar refractivity (Wildman–Crippen MR) is 51.7 cm³/mol. The highest BCUT2D eigenvalue weighted by Crippen LogP contribution is 2.31. The number of aliphatic hydroxyl groups excluding tert-OH is 1. The third-order valence-electron chi connectivity index (χ3n) is 2.63. The van der Waals surface area contributed by atoms with Gasteiger partial charge in [0.15, 0.2) is 0 Å². The van der Waals surface area contributed by atoms with Crippen LogP contribution in [0.25, 0.3) is 0 Å². The quantitative estimate of drug-likeness (QED) is 0.692. The molecule has 0 heterocycles. The molecule has 1 radical (unpaired) electrons. The molecule has 1 aromatic carbocycles. The third-order valence-corrected chi connectivity index (χ3v) is 2.63. The van der Waals surface area contributed by atoms with Crippen molar-refractivity contribution < 1.29 is 9.90 Å². The SMILES string of the molecule is NC(=O)c1[c]ccc2c1C(O)CCC2. The maximum atomic E-state index is 11.1. The second-order valence-corrected chi connectivity index (χ2v) is 3.56. The molecule has 0 aliphatic heterocycles. The van der Waals surface area contributed by atoms with Crippen LogP contribution in [0, 0.1) is 6.07 Å². The minimum Gasteiger partial charge on any atom is -0.388 e. The van der Waals surface area contributed by atoms with E-state index in [0.717, 1.165) is 18.4 Å². The van der Waals surface area contributed by atoms with Crippen LogP contribution in [0.15, 0.2) is 12.1 Å². The van der Waals surface area contributed by atoms with Crippen molar-refractivity contribution in [2.45, 2.75) is 25.4 Å². The zero-order valence-electron chi connectivity index (χ0n) is 7.79. The Morgan fingerprint density at radius 1 is 1.64 bits per heavy atom. The van der Waals surface area contributed by atoms with E-state index in [2.05, 4.69) is 6.07 Å². The highest BCUT2D eigenvalue weighted by molar-refractivity contribution is 5.94. The van der Waals surface area contributed by atoms with Gasteiger partial charge in [0.1, 0.15) is 0 Å². The maximum Gasteiger partial charge on any atom is 0.249 e. The van der Waals surface area contributed by atoms with Crippen LogP contribution in [0.4, 0.5) is 0 Å². The second kappa shape index (κ2) is 3.42. The topological polar surface area (TPSA) is 63.3 Å². The molecule has 1 aliphatic carbocycles. The fourth-order valence-electron chi connectivity index (χ4n) is 1.99. The normalized spacial score (nSPS) is 20.2. The van der Waals surface area contributed by atoms with Gasteiger partial charge in [-0.25, -0.2) is 0 Å². The van der Waals surface area contributed by atoms with Crippen molar-refractivity contribution in [1.82, 2.24) is 0 Å². The lowest BCUT2D eigenvalue weighted by Gasteiger charge is -2.22. The van der Waals surface area contributed by atoms with Gasteiger partial charge in [0.2, 0.25) is 5.91 Å². The van der Waals surface area contributed by atoms with Crippen molar-refractivity contribution >= 4 is 5.91 Å². The molecule has 3 N–H and O–H groups in total. The van der Waals surface area contributed by atoms with Gasteiger partial charge in [-0.05, 0) is 36.5 Å². The van der Waals surface area contributed by atoms with Gasteiger partial charge in [-0.15, -0.1) is 0 Å². The molecular formula is C11H12NO2. The molecule has 0 saturated carbocycles. The number of amides is 1. The van der Waals surface area contributed by atoms with Crippen LogP contribution >= 0.6 is 0 Å². The van der Waals surface area contributed by atoms with E-state index in [0.29, 0.717) is 17.5 Å². The van der Waals surface area contributed by atoms with Crippen LogP contribution in [0.5, 0.6) is 0 Å². The Bertz CT molecular complexity index is 374. The number of carbonyl (C=O) groups excluding carboxylic acids is 1. The van der Waals surface area contributed by atoms with Crippen LogP contribution in [0.3, 0.4) is 0 Å². The van der Waals surface area contributed by atoms with Gasteiger partial charge < -0.3 is 10.8 Å². The summed E-state index contributed by atoms with van der Waals surface area (Å²) < 4.78 is 0. The van der Waals surface area contributed by atoms with Crippen molar-refractivity contribution in [2.75, 3.05) is 0 Å². The molecule has 1 atom stereocenters. The highest BCUT2D eigenvalue weighted by Gasteiger charge is 2.22. The van der Waals surface area contributed by atoms with E-state index in [4.69, 9.17) is 5.73 Å². The first-order valence-electron chi connectivity index (χ1n) is 4.71. The molecule has 1 aliphatic rings. The number of primary amides is 1. The van der Waals surface area contributed by atoms with Crippen molar-refractivity contribution in [2.24, 2.45) is 5.73 Å². The number of carbonyl (C=O) groups is 1. The molecule has 0 spiro atoms. The minimum atomic E-state index is -0.557. The molecular weight excluding hydrogens is 178 g/mol. The molecule has 1 unspecified atom stereocenters. The Morgan fingerprint density at radius 2 is 2.43 bits per heavy atom. The Kier molecular flexibility index (Phi) is 2.25. The lowest BCUT2D eigenvalue weighted by molar-refractivity contribution is 0.0988. The number of aryl methyl sites for hydroxylation is 1. The molecule has 3 nitrogen and oxygen atoms in total. The second-order valence-electron chi connectivity index (χ2n) is 3.56. The van der Waals surface area contributed by atoms with Crippen molar-refractivity contribution in [1.29, 1.82) is 0 Å². The number of rotatable bonds is 1. The molecule has 1 amide bonds. The summed E-state index contributed by atoms with van der Waals surface area (Å²) in [5, 5.41) is 9.76. The van der Waals surface area contributed by atoms with Gasteiger partial charge in [0.05, 0.1) is 11.7 Å². The first-order valence-corrected chi connectivity index (χ1v) is 4.71. The molecule has 73 valence electrons. The Hall–Kier alpha value is -1.35.